The Balaban J connectivity index is 1.92. The molecule has 0 unspecified atom stereocenters. The molecule has 0 saturated heterocycles. The van der Waals surface area contributed by atoms with E-state index < -0.39 is 23.3 Å². The number of nitro groups is 1. The Hall–Kier alpha value is -3.56. The number of hydrogen-bond donors (Lipinski definition) is 1. The molecule has 10 nitrogen and oxygen atoms in total. The van der Waals surface area contributed by atoms with Crippen molar-refractivity contribution in [2.45, 2.75) is 33.7 Å². The summed E-state index contributed by atoms with van der Waals surface area (Å²) in [5.74, 6) is -1.29. The van der Waals surface area contributed by atoms with E-state index >= 15 is 0 Å². The number of esters is 1. The first-order valence-electron chi connectivity index (χ1n) is 8.50. The van der Waals surface area contributed by atoms with Crippen LogP contribution >= 0.6 is 0 Å². The smallest absolute Gasteiger partial charge is 0.328 e. The second kappa shape index (κ2) is 8.89. The number of hydrogen-bond acceptors (Lipinski definition) is 7. The number of carbonyl (C=O) groups excluding carboxylic acids is 3. The Morgan fingerprint density at radius 2 is 1.86 bits per heavy atom. The van der Waals surface area contributed by atoms with E-state index in [2.05, 4.69) is 10.4 Å². The number of aromatic nitrogens is 2. The van der Waals surface area contributed by atoms with Gasteiger partial charge in [0.2, 0.25) is 5.91 Å². The van der Waals surface area contributed by atoms with Crippen molar-refractivity contribution < 1.29 is 24.0 Å². The lowest BCUT2D eigenvalue weighted by Gasteiger charge is -2.07. The Bertz CT molecular complexity index is 917. The summed E-state index contributed by atoms with van der Waals surface area (Å²) in [7, 11) is 0. The van der Waals surface area contributed by atoms with Gasteiger partial charge >= 0.3 is 11.7 Å². The number of ether oxygens (including phenoxy) is 1. The number of rotatable bonds is 8. The summed E-state index contributed by atoms with van der Waals surface area (Å²) in [6.45, 7) is 3.88. The first-order valence-corrected chi connectivity index (χ1v) is 8.50. The number of nitrogens with zero attached hydrogens (tertiary/aromatic N) is 3. The molecule has 1 amide bonds. The van der Waals surface area contributed by atoms with Gasteiger partial charge in [-0.05, 0) is 38.1 Å². The van der Waals surface area contributed by atoms with Crippen LogP contribution in [0.3, 0.4) is 0 Å². The van der Waals surface area contributed by atoms with Crippen molar-refractivity contribution in [2.24, 2.45) is 0 Å². The lowest BCUT2D eigenvalue weighted by atomic mass is 10.1. The topological polar surface area (TPSA) is 133 Å². The van der Waals surface area contributed by atoms with Crippen LogP contribution in [0, 0.1) is 24.0 Å². The van der Waals surface area contributed by atoms with Gasteiger partial charge in [-0.25, -0.2) is 0 Å². The maximum atomic E-state index is 12.1. The molecule has 0 aliphatic heterocycles. The van der Waals surface area contributed by atoms with Crippen molar-refractivity contribution in [3.05, 3.63) is 51.3 Å². The fourth-order valence-electron chi connectivity index (χ4n) is 2.49. The molecular weight excluding hydrogens is 368 g/mol. The minimum Gasteiger partial charge on any atom is -0.456 e. The van der Waals surface area contributed by atoms with Gasteiger partial charge in [0.05, 0.1) is 4.92 Å². The monoisotopic (exact) mass is 388 g/mol. The van der Waals surface area contributed by atoms with Gasteiger partial charge in [-0.15, -0.1) is 0 Å². The molecule has 0 aliphatic rings. The van der Waals surface area contributed by atoms with Crippen molar-refractivity contribution >= 4 is 29.0 Å². The van der Waals surface area contributed by atoms with Gasteiger partial charge in [0.25, 0.3) is 0 Å². The van der Waals surface area contributed by atoms with Crippen LogP contribution in [0.4, 0.5) is 11.4 Å². The molecule has 0 radical (unpaired) electrons. The van der Waals surface area contributed by atoms with E-state index in [-0.39, 0.29) is 29.5 Å². The van der Waals surface area contributed by atoms with Crippen molar-refractivity contribution in [2.75, 3.05) is 11.9 Å². The third kappa shape index (κ3) is 5.00. The molecule has 1 aromatic carbocycles. The van der Waals surface area contributed by atoms with E-state index in [1.165, 1.54) is 30.7 Å². The molecule has 0 spiro atoms. The average molecular weight is 388 g/mol. The lowest BCUT2D eigenvalue weighted by Crippen LogP contribution is -2.19. The van der Waals surface area contributed by atoms with Gasteiger partial charge < -0.3 is 10.1 Å². The predicted molar refractivity (Wildman–Crippen MR) is 99.0 cm³/mol. The summed E-state index contributed by atoms with van der Waals surface area (Å²) in [6, 6.07) is 6.20. The highest BCUT2D eigenvalue weighted by atomic mass is 16.6. The second-order valence-corrected chi connectivity index (χ2v) is 6.00. The summed E-state index contributed by atoms with van der Waals surface area (Å²) in [5.41, 5.74) is 1.16. The number of benzene rings is 1. The molecule has 2 aromatic rings. The Kier molecular flexibility index (Phi) is 6.59. The zero-order valence-electron chi connectivity index (χ0n) is 15.7. The van der Waals surface area contributed by atoms with Gasteiger partial charge in [0, 0.05) is 17.7 Å². The minimum atomic E-state index is -0.735. The summed E-state index contributed by atoms with van der Waals surface area (Å²) < 4.78 is 6.12. The first-order chi connectivity index (χ1) is 13.2. The first kappa shape index (κ1) is 20.7. The van der Waals surface area contributed by atoms with Crippen LogP contribution < -0.4 is 5.32 Å². The fourth-order valence-corrected chi connectivity index (χ4v) is 2.49. The maximum Gasteiger partial charge on any atom is 0.328 e. The number of nitrogens with one attached hydrogen (secondary N) is 1. The third-order valence-electron chi connectivity index (χ3n) is 3.98. The molecule has 1 aromatic heterocycles. The van der Waals surface area contributed by atoms with Crippen LogP contribution in [0.25, 0.3) is 0 Å². The summed E-state index contributed by atoms with van der Waals surface area (Å²) in [4.78, 5) is 45.8. The zero-order valence-corrected chi connectivity index (χ0v) is 15.7. The number of anilines is 1. The zero-order chi connectivity index (χ0) is 20.8. The number of amides is 1. The van der Waals surface area contributed by atoms with Gasteiger partial charge in [0.15, 0.2) is 12.4 Å². The highest BCUT2D eigenvalue weighted by molar-refractivity contribution is 5.98. The van der Waals surface area contributed by atoms with Crippen LogP contribution in [0.5, 0.6) is 0 Å². The van der Waals surface area contributed by atoms with E-state index in [1.54, 1.807) is 19.1 Å². The maximum absolute atomic E-state index is 12.1. The van der Waals surface area contributed by atoms with E-state index in [0.717, 1.165) is 0 Å². The largest absolute Gasteiger partial charge is 0.456 e. The highest BCUT2D eigenvalue weighted by Gasteiger charge is 2.23. The van der Waals surface area contributed by atoms with E-state index in [9.17, 15) is 24.5 Å². The lowest BCUT2D eigenvalue weighted by molar-refractivity contribution is -0.386. The van der Waals surface area contributed by atoms with Crippen molar-refractivity contribution in [1.29, 1.82) is 0 Å². The molecule has 0 atom stereocenters. The van der Waals surface area contributed by atoms with Crippen molar-refractivity contribution in [3.63, 3.8) is 0 Å². The van der Waals surface area contributed by atoms with Crippen LogP contribution in [-0.4, -0.2) is 39.0 Å². The van der Waals surface area contributed by atoms with E-state index in [0.29, 0.717) is 17.7 Å². The molecule has 0 saturated carbocycles. The average Bonchev–Trinajstić information content (AvgIpc) is 2.93. The number of ketones is 1. The van der Waals surface area contributed by atoms with E-state index in [4.69, 9.17) is 4.74 Å². The molecule has 0 bridgehead atoms. The van der Waals surface area contributed by atoms with Crippen LogP contribution in [0.15, 0.2) is 24.3 Å². The van der Waals surface area contributed by atoms with Crippen LogP contribution in [-0.2, 0) is 20.9 Å². The standard InChI is InChI=1S/C18H20N4O6/c1-4-16(24)19-14-7-5-13(6-8-14)15(23)10-28-17(25)9-21-12(3)18(22(26)27)11(2)20-21/h5-8H,4,9-10H2,1-3H3,(H,19,24). The quantitative estimate of drug-likeness (QED) is 0.317. The summed E-state index contributed by atoms with van der Waals surface area (Å²) in [6.07, 6.45) is 0.342. The molecule has 28 heavy (non-hydrogen) atoms. The fraction of sp³-hybridized carbons (Fsp3) is 0.333. The minimum absolute atomic E-state index is 0.141. The van der Waals surface area contributed by atoms with Gasteiger partial charge in [-0.3, -0.25) is 29.2 Å². The molecule has 0 aliphatic carbocycles. The Morgan fingerprint density at radius 3 is 2.39 bits per heavy atom. The second-order valence-electron chi connectivity index (χ2n) is 6.00. The number of Topliss-reactive ketones (excluding diaryl/α,β-unsaturated/α-hetero) is 1. The van der Waals surface area contributed by atoms with Crippen LogP contribution in [0.1, 0.15) is 35.1 Å². The molecule has 1 N–H and O–H groups in total. The highest BCUT2D eigenvalue weighted by Crippen LogP contribution is 2.21. The molecule has 10 heteroatoms. The molecular formula is C18H20N4O6. The molecule has 2 rings (SSSR count). The normalized spacial score (nSPS) is 10.4. The van der Waals surface area contributed by atoms with Gasteiger partial charge in [-0.2, -0.15) is 5.10 Å². The van der Waals surface area contributed by atoms with Crippen LogP contribution in [0.2, 0.25) is 0 Å². The van der Waals surface area contributed by atoms with Crippen molar-refractivity contribution in [1.82, 2.24) is 9.78 Å². The van der Waals surface area contributed by atoms with Gasteiger partial charge in [0.1, 0.15) is 17.9 Å². The molecule has 1 heterocycles. The molecule has 148 valence electrons. The predicted octanol–water partition coefficient (Wildman–Crippen LogP) is 2.18. The Labute approximate surface area is 160 Å². The SMILES string of the molecule is CCC(=O)Nc1ccc(C(=O)COC(=O)Cn2nc(C)c([N+](=O)[O-])c2C)cc1. The third-order valence-corrected chi connectivity index (χ3v) is 3.98. The number of aryl methyl sites for hydroxylation is 1. The summed E-state index contributed by atoms with van der Waals surface area (Å²) in [5, 5.41) is 17.6. The van der Waals surface area contributed by atoms with Gasteiger partial charge in [-0.1, -0.05) is 6.92 Å². The molecule has 0 fully saturated rings. The van der Waals surface area contributed by atoms with Crippen molar-refractivity contribution in [3.8, 4) is 0 Å². The van der Waals surface area contributed by atoms with E-state index in [1.807, 2.05) is 0 Å². The number of carbonyl (C=O) groups is 3. The summed E-state index contributed by atoms with van der Waals surface area (Å²) >= 11 is 0. The Morgan fingerprint density at radius 1 is 1.21 bits per heavy atom.